The van der Waals surface area contributed by atoms with Gasteiger partial charge < -0.3 is 25.1 Å². The van der Waals surface area contributed by atoms with Crippen LogP contribution in [0, 0.1) is 27.9 Å². The Morgan fingerprint density at radius 2 is 1.55 bits per heavy atom. The van der Waals surface area contributed by atoms with Gasteiger partial charge in [-0.2, -0.15) is 0 Å². The Morgan fingerprint density at radius 3 is 2.28 bits per heavy atom. The number of hydrogen-bond acceptors (Lipinski definition) is 13. The topological polar surface area (TPSA) is 223 Å². The summed E-state index contributed by atoms with van der Waals surface area (Å²) < 4.78 is 19.8. The molecule has 69 heavy (non-hydrogen) atoms. The lowest BCUT2D eigenvalue weighted by atomic mass is 9.65. The second kappa shape index (κ2) is 18.2. The number of cyclic esters (lactones) is 1. The summed E-state index contributed by atoms with van der Waals surface area (Å²) in [6.07, 6.45) is -2.09. The monoisotopic (exact) mass is 923 g/mol. The van der Waals surface area contributed by atoms with Crippen LogP contribution in [0.25, 0.3) is 11.0 Å². The Bertz CT molecular complexity index is 3210. The van der Waals surface area contributed by atoms with Crippen molar-refractivity contribution in [2.45, 2.75) is 42.8 Å². The molecule has 3 aliphatic rings. The number of aromatic nitrogens is 3. The molecule has 0 unspecified atom stereocenters. The molecule has 0 bridgehead atoms. The summed E-state index contributed by atoms with van der Waals surface area (Å²) in [7, 11) is 0. The number of para-hydroxylation sites is 1. The Kier molecular flexibility index (Phi) is 11.6. The van der Waals surface area contributed by atoms with Gasteiger partial charge in [0.05, 0.1) is 40.7 Å². The van der Waals surface area contributed by atoms with Gasteiger partial charge in [-0.1, -0.05) is 102 Å². The smallest absolute Gasteiger partial charge is 0.421 e. The molecule has 10 rings (SSSR count). The van der Waals surface area contributed by atoms with E-state index in [1.165, 1.54) is 30.3 Å². The second-order valence-electron chi connectivity index (χ2n) is 16.7. The van der Waals surface area contributed by atoms with Crippen LogP contribution in [0.5, 0.6) is 5.75 Å². The van der Waals surface area contributed by atoms with E-state index < -0.39 is 64.4 Å². The van der Waals surface area contributed by atoms with Crippen LogP contribution in [0.1, 0.15) is 51.6 Å². The molecule has 2 saturated heterocycles. The molecule has 344 valence electrons. The molecule has 6 aromatic carbocycles. The molecule has 6 atom stereocenters. The Balaban J connectivity index is 1.19. The highest BCUT2D eigenvalue weighted by Crippen LogP contribution is 2.66. The molecule has 7 aromatic rings. The summed E-state index contributed by atoms with van der Waals surface area (Å²) in [4.78, 5) is 74.0. The average Bonchev–Trinajstić information content (AvgIpc) is 4.01. The van der Waals surface area contributed by atoms with Crippen LogP contribution in [0.15, 0.2) is 152 Å². The number of imide groups is 1. The molecular formula is C52H41N7O10. The molecule has 4 heterocycles. The second-order valence-corrected chi connectivity index (χ2v) is 16.7. The number of aliphatic hydroxyl groups is 1. The highest BCUT2D eigenvalue weighted by molar-refractivity contribution is 6.23. The first-order valence-electron chi connectivity index (χ1n) is 22.0. The van der Waals surface area contributed by atoms with Gasteiger partial charge in [-0.3, -0.25) is 29.4 Å². The number of nitrogens with two attached hydrogens (primary N) is 1. The fourth-order valence-corrected chi connectivity index (χ4v) is 10.1. The lowest BCUT2D eigenvalue weighted by Gasteiger charge is -2.46. The van der Waals surface area contributed by atoms with Crippen molar-refractivity contribution in [3.05, 3.63) is 195 Å². The van der Waals surface area contributed by atoms with Gasteiger partial charge in [0, 0.05) is 17.7 Å². The standard InChI is InChI=1S/C52H41N7O10/c53-48(61)43-45-49(62)69-46(35-14-5-2-6-15-35)44(34-12-3-1-4-13-34)58(45)47(36-16-9-17-38(30-36)67-28-27-60)52(43)39-29-32(11-10-26-56-42-19-8-7-18-40(42)54-55-56)22-25-41(39)57(50(52)63)51(64)68-31-33-20-23-37(24-21-33)59(65)66/h1-9,12-25,29-30,43-47,60H,26-28,31H2,(H2,53,61)/t43-,44-,45-,46+,47+,52-/m1/s1. The van der Waals surface area contributed by atoms with E-state index in [-0.39, 0.29) is 43.3 Å². The number of hydrogen-bond donors (Lipinski definition) is 2. The SMILES string of the molecule is NC(=O)[C@H]1[C@@H]2C(=O)O[C@@H](c3ccccc3)[C@@H](c3ccccc3)N2[C@@H](c2cccc(OCCO)c2)[C@]12C(=O)N(C(=O)OCc1ccc([N+](=O)[O-])cc1)c1ccc(C#CCn3nnc4ccccc43)cc12. The molecule has 1 spiro atoms. The molecular weight excluding hydrogens is 883 g/mol. The van der Waals surface area contributed by atoms with Crippen molar-refractivity contribution >= 4 is 46.3 Å². The highest BCUT2D eigenvalue weighted by Gasteiger charge is 2.75. The van der Waals surface area contributed by atoms with Crippen LogP contribution < -0.4 is 15.4 Å². The van der Waals surface area contributed by atoms with Gasteiger partial charge >= 0.3 is 12.1 Å². The summed E-state index contributed by atoms with van der Waals surface area (Å²) in [5.74, 6) is 2.20. The predicted molar refractivity (Wildman–Crippen MR) is 248 cm³/mol. The zero-order valence-electron chi connectivity index (χ0n) is 36.5. The fraction of sp³-hybridized carbons (Fsp3) is 0.192. The molecule has 17 nitrogen and oxygen atoms in total. The van der Waals surface area contributed by atoms with Gasteiger partial charge in [-0.05, 0) is 82.4 Å². The summed E-state index contributed by atoms with van der Waals surface area (Å²) >= 11 is 0. The number of esters is 1. The van der Waals surface area contributed by atoms with Crippen LogP contribution in [0.3, 0.4) is 0 Å². The summed E-state index contributed by atoms with van der Waals surface area (Å²) in [6.45, 7) is -0.605. The number of fused-ring (bicyclic) bond motifs is 4. The summed E-state index contributed by atoms with van der Waals surface area (Å²) in [5, 5.41) is 29.6. The molecule has 17 heteroatoms. The van der Waals surface area contributed by atoms with Crippen molar-refractivity contribution in [2.75, 3.05) is 18.1 Å². The van der Waals surface area contributed by atoms with Crippen molar-refractivity contribution in [1.29, 1.82) is 0 Å². The minimum Gasteiger partial charge on any atom is -0.491 e. The summed E-state index contributed by atoms with van der Waals surface area (Å²) in [5.41, 5.74) is 8.38. The molecule has 0 radical (unpaired) electrons. The number of primary amides is 1. The number of nitro benzene ring substituents is 1. The minimum absolute atomic E-state index is 0.0505. The quantitative estimate of drug-likeness (QED) is 0.0635. The molecule has 3 aliphatic heterocycles. The first-order valence-corrected chi connectivity index (χ1v) is 22.0. The first-order chi connectivity index (χ1) is 33.6. The van der Waals surface area contributed by atoms with E-state index in [0.717, 1.165) is 10.4 Å². The molecule has 0 aliphatic carbocycles. The number of anilines is 1. The minimum atomic E-state index is -2.16. The van der Waals surface area contributed by atoms with Crippen molar-refractivity contribution < 1.29 is 43.4 Å². The van der Waals surface area contributed by atoms with E-state index in [9.17, 15) is 24.8 Å². The number of carbonyl (C=O) groups is 4. The van der Waals surface area contributed by atoms with E-state index in [2.05, 4.69) is 22.2 Å². The maximum Gasteiger partial charge on any atom is 0.421 e. The van der Waals surface area contributed by atoms with Crippen LogP contribution in [-0.2, 0) is 42.4 Å². The Morgan fingerprint density at radius 1 is 0.841 bits per heavy atom. The normalized spacial score (nSPS) is 21.5. The third-order valence-electron chi connectivity index (χ3n) is 12.9. The number of aliphatic hydroxyl groups excluding tert-OH is 1. The Labute approximate surface area is 393 Å². The number of non-ortho nitro benzene ring substituents is 1. The van der Waals surface area contributed by atoms with Gasteiger partial charge in [-0.15, -0.1) is 5.10 Å². The van der Waals surface area contributed by atoms with Gasteiger partial charge in [0.15, 0.2) is 0 Å². The number of rotatable bonds is 11. The predicted octanol–water partition coefficient (Wildman–Crippen LogP) is 6.25. The number of carbonyl (C=O) groups excluding carboxylic acids is 4. The fourth-order valence-electron chi connectivity index (χ4n) is 10.1. The Hall–Kier alpha value is -8.72. The van der Waals surface area contributed by atoms with Gasteiger partial charge in [0.1, 0.15) is 48.6 Å². The number of nitro groups is 1. The van der Waals surface area contributed by atoms with Crippen molar-refractivity contribution in [3.63, 3.8) is 0 Å². The summed E-state index contributed by atoms with van der Waals surface area (Å²) in [6, 6.07) is 39.2. The van der Waals surface area contributed by atoms with Crippen LogP contribution >= 0.6 is 0 Å². The largest absolute Gasteiger partial charge is 0.491 e. The first kappa shape index (κ1) is 44.1. The lowest BCUT2D eigenvalue weighted by molar-refractivity contribution is -0.384. The van der Waals surface area contributed by atoms with E-state index in [1.54, 1.807) is 41.1 Å². The molecule has 3 amide bonds. The van der Waals surface area contributed by atoms with Crippen LogP contribution in [0.2, 0.25) is 0 Å². The van der Waals surface area contributed by atoms with Crippen molar-refractivity contribution in [3.8, 4) is 17.6 Å². The number of morpholine rings is 1. The highest BCUT2D eigenvalue weighted by atomic mass is 16.6. The average molecular weight is 924 g/mol. The van der Waals surface area contributed by atoms with E-state index in [1.807, 2.05) is 89.8 Å². The number of nitrogens with zero attached hydrogens (tertiary/aromatic N) is 6. The van der Waals surface area contributed by atoms with Crippen molar-refractivity contribution in [2.24, 2.45) is 11.7 Å². The van der Waals surface area contributed by atoms with Crippen LogP contribution in [0.4, 0.5) is 16.2 Å². The van der Waals surface area contributed by atoms with Gasteiger partial charge in [0.2, 0.25) is 11.8 Å². The zero-order chi connectivity index (χ0) is 47.8. The lowest BCUT2D eigenvalue weighted by Crippen LogP contribution is -2.55. The zero-order valence-corrected chi connectivity index (χ0v) is 36.5. The molecule has 1 aromatic heterocycles. The number of ether oxygens (including phenoxy) is 3. The van der Waals surface area contributed by atoms with E-state index in [4.69, 9.17) is 19.9 Å². The van der Waals surface area contributed by atoms with Crippen molar-refractivity contribution in [1.82, 2.24) is 19.9 Å². The van der Waals surface area contributed by atoms with Gasteiger partial charge in [0.25, 0.3) is 5.69 Å². The maximum atomic E-state index is 16.2. The van der Waals surface area contributed by atoms with Crippen LogP contribution in [-0.4, -0.2) is 73.1 Å². The van der Waals surface area contributed by atoms with Gasteiger partial charge in [-0.25, -0.2) is 14.4 Å². The molecule has 0 saturated carbocycles. The molecule has 3 N–H and O–H groups in total. The van der Waals surface area contributed by atoms with E-state index in [0.29, 0.717) is 39.1 Å². The van der Waals surface area contributed by atoms with E-state index >= 15 is 9.59 Å². The molecule has 2 fully saturated rings. The third kappa shape index (κ3) is 7.67. The number of benzene rings is 6. The third-order valence-corrected chi connectivity index (χ3v) is 12.9. The maximum absolute atomic E-state index is 16.2. The number of amides is 3.